The molecule has 0 aromatic carbocycles. The summed E-state index contributed by atoms with van der Waals surface area (Å²) in [4.78, 5) is 25.2. The highest BCUT2D eigenvalue weighted by Gasteiger charge is 2.17. The van der Waals surface area contributed by atoms with E-state index >= 15 is 0 Å². The first-order chi connectivity index (χ1) is 18.9. The predicted molar refractivity (Wildman–Crippen MR) is 173 cm³/mol. The second-order valence-corrected chi connectivity index (χ2v) is 10.9. The molecule has 3 heterocycles. The molecule has 7 nitrogen and oxygen atoms in total. The number of hydrogen-bond donors (Lipinski definition) is 2. The fourth-order valence-corrected chi connectivity index (χ4v) is 4.52. The van der Waals surface area contributed by atoms with Gasteiger partial charge in [-0.2, -0.15) is 4.98 Å². The van der Waals surface area contributed by atoms with Gasteiger partial charge in [-0.15, -0.1) is 0 Å². The van der Waals surface area contributed by atoms with E-state index in [1.165, 1.54) is 32.5 Å². The average molecular weight is 612 g/mol. The summed E-state index contributed by atoms with van der Waals surface area (Å²) in [6.07, 6.45) is 13.5. The van der Waals surface area contributed by atoms with Gasteiger partial charge in [-0.1, -0.05) is 74.3 Å². The van der Waals surface area contributed by atoms with E-state index in [-0.39, 0.29) is 5.91 Å². The lowest BCUT2D eigenvalue weighted by molar-refractivity contribution is -0.133. The molecular weight excluding hydrogens is 552 g/mol. The molecule has 3 rings (SSSR count). The molecule has 39 heavy (non-hydrogen) atoms. The summed E-state index contributed by atoms with van der Waals surface area (Å²) >= 11 is 3.50. The normalized spacial score (nSPS) is 17.3. The maximum absolute atomic E-state index is 11.8. The van der Waals surface area contributed by atoms with Crippen LogP contribution >= 0.6 is 15.9 Å². The molecule has 2 saturated heterocycles. The highest BCUT2D eigenvalue weighted by molar-refractivity contribution is 9.10. The van der Waals surface area contributed by atoms with Crippen LogP contribution in [0.1, 0.15) is 113 Å². The topological polar surface area (TPSA) is 73.4 Å². The fraction of sp³-hybridized carbons (Fsp3) is 0.774. The number of hydrogen-bond acceptors (Lipinski definition) is 6. The van der Waals surface area contributed by atoms with E-state index in [0.29, 0.717) is 12.4 Å². The Morgan fingerprint density at radius 3 is 2.41 bits per heavy atom. The van der Waals surface area contributed by atoms with E-state index in [0.717, 1.165) is 80.1 Å². The van der Waals surface area contributed by atoms with E-state index in [4.69, 9.17) is 0 Å². The molecule has 226 valence electrons. The Morgan fingerprint density at radius 2 is 1.87 bits per heavy atom. The summed E-state index contributed by atoms with van der Waals surface area (Å²) in [7, 11) is 0. The molecule has 2 fully saturated rings. The monoisotopic (exact) mass is 610 g/mol. The van der Waals surface area contributed by atoms with Crippen molar-refractivity contribution in [2.45, 2.75) is 113 Å². The van der Waals surface area contributed by atoms with Crippen LogP contribution in [0.2, 0.25) is 0 Å². The summed E-state index contributed by atoms with van der Waals surface area (Å²) in [5.41, 5.74) is 1.14. The summed E-state index contributed by atoms with van der Waals surface area (Å²) in [6, 6.07) is 0. The Balaban J connectivity index is 0.000000919. The third-order valence-corrected chi connectivity index (χ3v) is 6.93. The van der Waals surface area contributed by atoms with Gasteiger partial charge in [0.15, 0.2) is 0 Å². The minimum absolute atomic E-state index is 0.289. The van der Waals surface area contributed by atoms with Crippen molar-refractivity contribution in [1.29, 1.82) is 0 Å². The Labute approximate surface area is 249 Å². The van der Waals surface area contributed by atoms with Gasteiger partial charge < -0.3 is 20.4 Å². The summed E-state index contributed by atoms with van der Waals surface area (Å²) in [6.45, 7) is 23.5. The van der Waals surface area contributed by atoms with Gasteiger partial charge in [0.05, 0.1) is 4.47 Å². The van der Waals surface area contributed by atoms with Crippen molar-refractivity contribution in [2.75, 3.05) is 49.9 Å². The zero-order valence-corrected chi connectivity index (χ0v) is 28.0. The lowest BCUT2D eigenvalue weighted by atomic mass is 10.1. The Morgan fingerprint density at radius 1 is 1.15 bits per heavy atom. The van der Waals surface area contributed by atoms with E-state index < -0.39 is 0 Å². The molecule has 1 atom stereocenters. The van der Waals surface area contributed by atoms with Crippen molar-refractivity contribution < 1.29 is 4.79 Å². The largest absolute Gasteiger partial charge is 0.369 e. The van der Waals surface area contributed by atoms with Crippen molar-refractivity contribution >= 4 is 33.6 Å². The smallest absolute Gasteiger partial charge is 0.228 e. The van der Waals surface area contributed by atoms with Gasteiger partial charge in [0.1, 0.15) is 5.82 Å². The number of amides is 1. The molecule has 2 aliphatic rings. The zero-order valence-electron chi connectivity index (χ0n) is 26.4. The molecule has 1 amide bonds. The van der Waals surface area contributed by atoms with Crippen LogP contribution in [-0.4, -0.2) is 64.9 Å². The minimum atomic E-state index is 0.289. The molecule has 2 N–H and O–H groups in total. The molecule has 0 aliphatic carbocycles. The quantitative estimate of drug-likeness (QED) is 0.245. The van der Waals surface area contributed by atoms with E-state index in [1.807, 2.05) is 18.7 Å². The lowest BCUT2D eigenvalue weighted by Gasteiger charge is -2.26. The number of allylic oxidation sites excluding steroid dienone is 2. The second-order valence-electron chi connectivity index (χ2n) is 10.00. The van der Waals surface area contributed by atoms with Gasteiger partial charge in [-0.3, -0.25) is 4.79 Å². The van der Waals surface area contributed by atoms with Gasteiger partial charge in [-0.25, -0.2) is 4.98 Å². The average Bonchev–Trinajstić information content (AvgIpc) is 3.38. The van der Waals surface area contributed by atoms with E-state index in [9.17, 15) is 4.79 Å². The highest BCUT2D eigenvalue weighted by Crippen LogP contribution is 2.21. The number of nitrogens with one attached hydrogen (secondary N) is 2. The van der Waals surface area contributed by atoms with Crippen LogP contribution in [0.15, 0.2) is 22.4 Å². The van der Waals surface area contributed by atoms with Crippen molar-refractivity contribution in [3.63, 3.8) is 0 Å². The van der Waals surface area contributed by atoms with Crippen LogP contribution in [0.5, 0.6) is 0 Å². The van der Waals surface area contributed by atoms with Gasteiger partial charge in [0.2, 0.25) is 11.9 Å². The van der Waals surface area contributed by atoms with Gasteiger partial charge in [0.25, 0.3) is 0 Å². The molecule has 2 aliphatic heterocycles. The number of aromatic nitrogens is 2. The molecular formula is C31H59BrN6O. The van der Waals surface area contributed by atoms with Crippen molar-refractivity contribution in [3.05, 3.63) is 22.4 Å². The molecule has 1 unspecified atom stereocenters. The Hall–Kier alpha value is -1.67. The number of nitrogens with zero attached hydrogens (tertiary/aromatic N) is 4. The Bertz CT molecular complexity index is 788. The number of carbonyl (C=O) groups is 1. The first-order valence-electron chi connectivity index (χ1n) is 15.6. The van der Waals surface area contributed by atoms with Crippen LogP contribution in [0.4, 0.5) is 11.8 Å². The third-order valence-electron chi connectivity index (χ3n) is 6.35. The van der Waals surface area contributed by atoms with E-state index in [1.54, 1.807) is 6.20 Å². The van der Waals surface area contributed by atoms with Crippen LogP contribution < -0.4 is 10.6 Å². The van der Waals surface area contributed by atoms with Crippen LogP contribution in [0.3, 0.4) is 0 Å². The van der Waals surface area contributed by atoms with E-state index in [2.05, 4.69) is 89.0 Å². The summed E-state index contributed by atoms with van der Waals surface area (Å²) in [5, 5.41) is 6.65. The SMILES string of the molecule is CC.CCC.CCC/C=C(\CC)Nc1ncc(Br)c(NCCCN2CCCCC2=O)n1.CCN1CCC(C)C1. The van der Waals surface area contributed by atoms with Crippen molar-refractivity contribution in [3.8, 4) is 0 Å². The molecule has 0 radical (unpaired) electrons. The molecule has 0 spiro atoms. The molecule has 1 aromatic heterocycles. The summed E-state index contributed by atoms with van der Waals surface area (Å²) < 4.78 is 0.840. The number of anilines is 2. The first kappa shape index (κ1) is 37.3. The molecule has 0 saturated carbocycles. The number of rotatable bonds is 11. The van der Waals surface area contributed by atoms with Gasteiger partial charge >= 0.3 is 0 Å². The van der Waals surface area contributed by atoms with Crippen LogP contribution in [0.25, 0.3) is 0 Å². The van der Waals surface area contributed by atoms with Crippen molar-refractivity contribution in [1.82, 2.24) is 19.8 Å². The number of likely N-dealkylation sites (tertiary alicyclic amines) is 2. The standard InChI is InChI=1S/C19H30BrN5O.C7H15N.C3H8.C2H6/c1-3-5-9-15(4-2)23-19-22-14-16(20)18(24-19)21-11-8-13-25-12-7-6-10-17(25)26;1-3-8-5-4-7(2)6-8;1-3-2;1-2/h9,14H,3-8,10-13H2,1-2H3,(H2,21,22,23,24);7H,3-6H2,1-2H3;3H2,1-2H3;1-2H3/b15-9+;;;. The maximum Gasteiger partial charge on any atom is 0.228 e. The lowest BCUT2D eigenvalue weighted by Crippen LogP contribution is -2.36. The number of piperidine rings is 1. The maximum atomic E-state index is 11.8. The van der Waals surface area contributed by atoms with Crippen LogP contribution in [-0.2, 0) is 4.79 Å². The highest BCUT2D eigenvalue weighted by atomic mass is 79.9. The first-order valence-corrected chi connectivity index (χ1v) is 16.4. The molecule has 8 heteroatoms. The number of unbranched alkanes of at least 4 members (excludes halogenated alkanes) is 1. The summed E-state index contributed by atoms with van der Waals surface area (Å²) in [5.74, 6) is 2.62. The Kier molecular flexibility index (Phi) is 23.1. The predicted octanol–water partition coefficient (Wildman–Crippen LogP) is 8.35. The van der Waals surface area contributed by atoms with Gasteiger partial charge in [-0.05, 0) is 73.5 Å². The third kappa shape index (κ3) is 16.9. The van der Waals surface area contributed by atoms with Gasteiger partial charge in [0, 0.05) is 44.5 Å². The second kappa shape index (κ2) is 24.2. The van der Waals surface area contributed by atoms with Crippen molar-refractivity contribution in [2.24, 2.45) is 5.92 Å². The number of carbonyl (C=O) groups excluding carboxylic acids is 1. The number of halogens is 1. The minimum Gasteiger partial charge on any atom is -0.369 e. The van der Waals surface area contributed by atoms with Crippen LogP contribution in [0, 0.1) is 5.92 Å². The fourth-order valence-electron chi connectivity index (χ4n) is 4.19. The molecule has 1 aromatic rings. The molecule has 0 bridgehead atoms. The zero-order chi connectivity index (χ0) is 29.5.